The maximum absolute atomic E-state index is 11.8. The van der Waals surface area contributed by atoms with Crippen molar-refractivity contribution in [3.05, 3.63) is 36.3 Å². The molecule has 120 valence electrons. The quantitative estimate of drug-likeness (QED) is 0.566. The standard InChI is InChI=1S/C20H28O2/c1-15-5-8-18-19(2,14-21)10-4-11-20(18,3)17(15)7-6-16-9-12-22-13-16/h9,12-14,17-18H,1,4-8,10-11H2,2-3H3. The van der Waals surface area contributed by atoms with Gasteiger partial charge in [-0.15, -0.1) is 0 Å². The number of furan rings is 1. The summed E-state index contributed by atoms with van der Waals surface area (Å²) in [5.41, 5.74) is 2.76. The summed E-state index contributed by atoms with van der Waals surface area (Å²) in [4.78, 5) is 11.8. The molecule has 2 aliphatic rings. The van der Waals surface area contributed by atoms with Crippen molar-refractivity contribution in [2.24, 2.45) is 22.7 Å². The molecule has 0 N–H and O–H groups in total. The third-order valence-corrected chi connectivity index (χ3v) is 6.64. The van der Waals surface area contributed by atoms with Crippen molar-refractivity contribution in [2.45, 2.75) is 58.8 Å². The Balaban J connectivity index is 1.84. The lowest BCUT2D eigenvalue weighted by Crippen LogP contribution is -2.51. The molecule has 2 heteroatoms. The van der Waals surface area contributed by atoms with Crippen molar-refractivity contribution >= 4 is 6.29 Å². The molecule has 2 nitrogen and oxygen atoms in total. The van der Waals surface area contributed by atoms with Crippen molar-refractivity contribution in [1.29, 1.82) is 0 Å². The average Bonchev–Trinajstić information content (AvgIpc) is 2.99. The van der Waals surface area contributed by atoms with Crippen LogP contribution in [0.1, 0.15) is 57.9 Å². The van der Waals surface area contributed by atoms with Crippen molar-refractivity contribution in [3.8, 4) is 0 Å². The molecule has 1 aromatic heterocycles. The van der Waals surface area contributed by atoms with Gasteiger partial charge < -0.3 is 9.21 Å². The van der Waals surface area contributed by atoms with Crippen molar-refractivity contribution < 1.29 is 9.21 Å². The highest BCUT2D eigenvalue weighted by Gasteiger charge is 2.54. The first-order valence-corrected chi connectivity index (χ1v) is 8.65. The molecule has 0 bridgehead atoms. The fourth-order valence-electron chi connectivity index (χ4n) is 5.42. The summed E-state index contributed by atoms with van der Waals surface area (Å²) in [5.74, 6) is 1.03. The second-order valence-corrected chi connectivity index (χ2v) is 7.96. The van der Waals surface area contributed by atoms with Gasteiger partial charge in [-0.05, 0) is 67.4 Å². The smallest absolute Gasteiger partial charge is 0.126 e. The molecule has 2 fully saturated rings. The van der Waals surface area contributed by atoms with Crippen LogP contribution in [0.2, 0.25) is 0 Å². The van der Waals surface area contributed by atoms with E-state index in [1.807, 2.05) is 6.26 Å². The average molecular weight is 300 g/mol. The van der Waals surface area contributed by atoms with E-state index >= 15 is 0 Å². The summed E-state index contributed by atoms with van der Waals surface area (Å²) in [5, 5.41) is 0. The molecule has 1 heterocycles. The van der Waals surface area contributed by atoms with E-state index in [1.165, 1.54) is 23.8 Å². The SMILES string of the molecule is C=C1CCC2C(C)(C=O)CCCC2(C)C1CCc1ccoc1. The minimum atomic E-state index is -0.137. The molecule has 1 aromatic rings. The summed E-state index contributed by atoms with van der Waals surface area (Å²) >= 11 is 0. The second kappa shape index (κ2) is 5.72. The Bertz CT molecular complexity index is 544. The molecule has 0 spiro atoms. The predicted molar refractivity (Wildman–Crippen MR) is 88.5 cm³/mol. The number of fused-ring (bicyclic) bond motifs is 1. The van der Waals surface area contributed by atoms with Gasteiger partial charge in [-0.2, -0.15) is 0 Å². The van der Waals surface area contributed by atoms with Crippen LogP contribution in [0.3, 0.4) is 0 Å². The van der Waals surface area contributed by atoms with Crippen molar-refractivity contribution in [3.63, 3.8) is 0 Å². The number of allylic oxidation sites excluding steroid dienone is 1. The summed E-state index contributed by atoms with van der Waals surface area (Å²) in [6.07, 6.45) is 12.7. The van der Waals surface area contributed by atoms with Crippen LogP contribution in [-0.4, -0.2) is 6.29 Å². The van der Waals surface area contributed by atoms with Crippen LogP contribution in [0.4, 0.5) is 0 Å². The molecule has 0 saturated heterocycles. The van der Waals surface area contributed by atoms with Crippen LogP contribution in [0.15, 0.2) is 35.2 Å². The van der Waals surface area contributed by atoms with E-state index in [9.17, 15) is 4.79 Å². The highest BCUT2D eigenvalue weighted by Crippen LogP contribution is 2.61. The third kappa shape index (κ3) is 2.47. The van der Waals surface area contributed by atoms with Gasteiger partial charge in [-0.25, -0.2) is 0 Å². The van der Waals surface area contributed by atoms with Crippen LogP contribution in [-0.2, 0) is 11.2 Å². The van der Waals surface area contributed by atoms with Crippen LogP contribution in [0.25, 0.3) is 0 Å². The first kappa shape index (κ1) is 15.6. The molecule has 0 amide bonds. The number of carbonyl (C=O) groups excluding carboxylic acids is 1. The van der Waals surface area contributed by atoms with E-state index in [-0.39, 0.29) is 10.8 Å². The van der Waals surface area contributed by atoms with E-state index in [0.717, 1.165) is 38.5 Å². The molecule has 2 saturated carbocycles. The Kier molecular flexibility index (Phi) is 4.05. The highest BCUT2D eigenvalue weighted by atomic mass is 16.3. The van der Waals surface area contributed by atoms with E-state index < -0.39 is 0 Å². The predicted octanol–water partition coefficient (Wildman–Crippen LogP) is 5.19. The van der Waals surface area contributed by atoms with Gasteiger partial charge in [0.05, 0.1) is 12.5 Å². The summed E-state index contributed by atoms with van der Waals surface area (Å²) < 4.78 is 5.19. The highest BCUT2D eigenvalue weighted by molar-refractivity contribution is 5.60. The first-order valence-electron chi connectivity index (χ1n) is 8.65. The number of hydrogen-bond donors (Lipinski definition) is 0. The van der Waals surface area contributed by atoms with Gasteiger partial charge in [-0.3, -0.25) is 0 Å². The van der Waals surface area contributed by atoms with Gasteiger partial charge in [0.2, 0.25) is 0 Å². The number of carbonyl (C=O) groups is 1. The van der Waals surface area contributed by atoms with Crippen LogP contribution in [0.5, 0.6) is 0 Å². The lowest BCUT2D eigenvalue weighted by molar-refractivity contribution is -0.130. The molecule has 0 aliphatic heterocycles. The zero-order chi connectivity index (χ0) is 15.8. The van der Waals surface area contributed by atoms with E-state index in [1.54, 1.807) is 6.26 Å². The topological polar surface area (TPSA) is 30.2 Å². The van der Waals surface area contributed by atoms with Gasteiger partial charge in [0.1, 0.15) is 6.29 Å². The van der Waals surface area contributed by atoms with Crippen molar-refractivity contribution in [2.75, 3.05) is 0 Å². The fraction of sp³-hybridized carbons (Fsp3) is 0.650. The Morgan fingerprint density at radius 3 is 2.91 bits per heavy atom. The minimum Gasteiger partial charge on any atom is -0.472 e. The number of aryl methyl sites for hydroxylation is 1. The fourth-order valence-corrected chi connectivity index (χ4v) is 5.42. The molecule has 2 aliphatic carbocycles. The Morgan fingerprint density at radius 1 is 1.41 bits per heavy atom. The Morgan fingerprint density at radius 2 is 2.23 bits per heavy atom. The Hall–Kier alpha value is -1.31. The largest absolute Gasteiger partial charge is 0.472 e. The van der Waals surface area contributed by atoms with E-state index in [2.05, 4.69) is 26.5 Å². The van der Waals surface area contributed by atoms with Gasteiger partial charge >= 0.3 is 0 Å². The molecule has 4 atom stereocenters. The third-order valence-electron chi connectivity index (χ3n) is 6.64. The molecule has 4 unspecified atom stereocenters. The van der Waals surface area contributed by atoms with Crippen LogP contribution >= 0.6 is 0 Å². The van der Waals surface area contributed by atoms with Gasteiger partial charge in [-0.1, -0.05) is 32.4 Å². The monoisotopic (exact) mass is 300 g/mol. The summed E-state index contributed by atoms with van der Waals surface area (Å²) in [6.45, 7) is 9.00. The summed E-state index contributed by atoms with van der Waals surface area (Å²) in [7, 11) is 0. The first-order chi connectivity index (χ1) is 10.5. The lowest BCUT2D eigenvalue weighted by Gasteiger charge is -2.57. The van der Waals surface area contributed by atoms with E-state index in [4.69, 9.17) is 4.42 Å². The van der Waals surface area contributed by atoms with Gasteiger partial charge in [0.25, 0.3) is 0 Å². The number of aldehydes is 1. The lowest BCUT2D eigenvalue weighted by atomic mass is 9.47. The maximum atomic E-state index is 11.8. The van der Waals surface area contributed by atoms with Gasteiger partial charge in [0, 0.05) is 5.41 Å². The molecule has 0 aromatic carbocycles. The van der Waals surface area contributed by atoms with Crippen LogP contribution < -0.4 is 0 Å². The maximum Gasteiger partial charge on any atom is 0.126 e. The zero-order valence-corrected chi connectivity index (χ0v) is 13.9. The molecule has 3 rings (SSSR count). The Labute approximate surface area is 134 Å². The molecule has 0 radical (unpaired) electrons. The second-order valence-electron chi connectivity index (χ2n) is 7.96. The molecular weight excluding hydrogens is 272 g/mol. The van der Waals surface area contributed by atoms with Crippen molar-refractivity contribution in [1.82, 2.24) is 0 Å². The summed E-state index contributed by atoms with van der Waals surface area (Å²) in [6, 6.07) is 2.06. The minimum absolute atomic E-state index is 0.137. The molecule has 22 heavy (non-hydrogen) atoms. The van der Waals surface area contributed by atoms with Crippen LogP contribution in [0, 0.1) is 22.7 Å². The van der Waals surface area contributed by atoms with Gasteiger partial charge in [0.15, 0.2) is 0 Å². The number of hydrogen-bond acceptors (Lipinski definition) is 2. The van der Waals surface area contributed by atoms with E-state index in [0.29, 0.717) is 11.8 Å². The molecular formula is C20H28O2. The zero-order valence-electron chi connectivity index (χ0n) is 13.9. The number of rotatable bonds is 4. The normalized spacial score (nSPS) is 38.5.